The second kappa shape index (κ2) is 5.27. The highest BCUT2D eigenvalue weighted by Gasteiger charge is 2.31. The Balaban J connectivity index is 2.11. The second-order valence-electron chi connectivity index (χ2n) is 4.54. The molecule has 1 aromatic rings. The minimum absolute atomic E-state index is 0.0110. The van der Waals surface area contributed by atoms with Gasteiger partial charge in [-0.15, -0.1) is 0 Å². The molecule has 0 aromatic heterocycles. The summed E-state index contributed by atoms with van der Waals surface area (Å²) in [5.74, 6) is 0.647. The molecule has 5 heteroatoms. The molecule has 1 fully saturated rings. The van der Waals surface area contributed by atoms with Crippen molar-refractivity contribution in [3.8, 4) is 11.5 Å². The molecule has 0 aliphatic heterocycles. The molecule has 1 aliphatic rings. The average Bonchev–Trinajstić information content (AvgIpc) is 3.20. The van der Waals surface area contributed by atoms with Crippen LogP contribution in [-0.4, -0.2) is 30.7 Å². The molecule has 1 unspecified atom stereocenters. The number of ether oxygens (including phenoxy) is 1. The summed E-state index contributed by atoms with van der Waals surface area (Å²) in [5.41, 5.74) is 5.85. The van der Waals surface area contributed by atoms with Crippen LogP contribution in [-0.2, 0) is 0 Å². The van der Waals surface area contributed by atoms with E-state index in [2.05, 4.69) is 5.32 Å². The summed E-state index contributed by atoms with van der Waals surface area (Å²) in [6.07, 6.45) is 2.21. The van der Waals surface area contributed by atoms with Gasteiger partial charge in [-0.05, 0) is 37.0 Å². The molecule has 2 rings (SSSR count). The Morgan fingerprint density at radius 3 is 2.89 bits per heavy atom. The molecule has 5 nitrogen and oxygen atoms in total. The minimum atomic E-state index is -0.311. The van der Waals surface area contributed by atoms with Crippen molar-refractivity contribution < 1.29 is 14.6 Å². The highest BCUT2D eigenvalue weighted by atomic mass is 16.5. The van der Waals surface area contributed by atoms with Crippen molar-refractivity contribution in [1.29, 1.82) is 0 Å². The highest BCUT2D eigenvalue weighted by molar-refractivity contribution is 5.97. The van der Waals surface area contributed by atoms with E-state index in [1.807, 2.05) is 0 Å². The predicted molar refractivity (Wildman–Crippen MR) is 67.7 cm³/mol. The van der Waals surface area contributed by atoms with Crippen LogP contribution in [0.1, 0.15) is 23.2 Å². The SMILES string of the molecule is COc1ccc(O)c(C(=O)NC(CN)C2CC2)c1. The van der Waals surface area contributed by atoms with Crippen LogP contribution in [0.15, 0.2) is 18.2 Å². The van der Waals surface area contributed by atoms with Gasteiger partial charge in [0.1, 0.15) is 11.5 Å². The lowest BCUT2D eigenvalue weighted by Gasteiger charge is -2.16. The lowest BCUT2D eigenvalue weighted by molar-refractivity contribution is 0.0930. The zero-order chi connectivity index (χ0) is 13.1. The maximum atomic E-state index is 12.1. The van der Waals surface area contributed by atoms with Gasteiger partial charge in [-0.2, -0.15) is 0 Å². The van der Waals surface area contributed by atoms with Gasteiger partial charge >= 0.3 is 0 Å². The molecule has 1 atom stereocenters. The van der Waals surface area contributed by atoms with Gasteiger partial charge in [0.2, 0.25) is 0 Å². The normalized spacial score (nSPS) is 16.1. The number of phenolic OH excluding ortho intramolecular Hbond substituents is 1. The van der Waals surface area contributed by atoms with Crippen LogP contribution in [0.25, 0.3) is 0 Å². The summed E-state index contributed by atoms with van der Waals surface area (Å²) in [7, 11) is 1.51. The fourth-order valence-electron chi connectivity index (χ4n) is 1.94. The molecule has 1 aliphatic carbocycles. The van der Waals surface area contributed by atoms with Crippen LogP contribution >= 0.6 is 0 Å². The molecule has 0 radical (unpaired) electrons. The van der Waals surface area contributed by atoms with E-state index in [0.29, 0.717) is 18.2 Å². The molecule has 98 valence electrons. The van der Waals surface area contributed by atoms with E-state index in [-0.39, 0.29) is 23.3 Å². The van der Waals surface area contributed by atoms with Gasteiger partial charge in [0.25, 0.3) is 5.91 Å². The summed E-state index contributed by atoms with van der Waals surface area (Å²) in [6.45, 7) is 0.418. The lowest BCUT2D eigenvalue weighted by Crippen LogP contribution is -2.41. The Morgan fingerprint density at radius 1 is 1.61 bits per heavy atom. The zero-order valence-electron chi connectivity index (χ0n) is 10.3. The van der Waals surface area contributed by atoms with Crippen molar-refractivity contribution in [1.82, 2.24) is 5.32 Å². The number of amides is 1. The van der Waals surface area contributed by atoms with Gasteiger partial charge in [-0.3, -0.25) is 4.79 Å². The molecule has 0 spiro atoms. The molecule has 18 heavy (non-hydrogen) atoms. The van der Waals surface area contributed by atoms with Crippen LogP contribution in [0, 0.1) is 5.92 Å². The molecular weight excluding hydrogens is 232 g/mol. The van der Waals surface area contributed by atoms with Crippen molar-refractivity contribution in [2.45, 2.75) is 18.9 Å². The number of hydrogen-bond donors (Lipinski definition) is 3. The van der Waals surface area contributed by atoms with E-state index < -0.39 is 0 Å². The Morgan fingerprint density at radius 2 is 2.33 bits per heavy atom. The number of rotatable bonds is 5. The van der Waals surface area contributed by atoms with Crippen molar-refractivity contribution in [2.75, 3.05) is 13.7 Å². The first-order chi connectivity index (χ1) is 8.65. The molecule has 0 saturated heterocycles. The second-order valence-corrected chi connectivity index (χ2v) is 4.54. The van der Waals surface area contributed by atoms with Gasteiger partial charge in [-0.25, -0.2) is 0 Å². The van der Waals surface area contributed by atoms with Gasteiger partial charge in [0.15, 0.2) is 0 Å². The first-order valence-electron chi connectivity index (χ1n) is 6.03. The summed E-state index contributed by atoms with van der Waals surface area (Å²) in [4.78, 5) is 12.1. The van der Waals surface area contributed by atoms with Crippen molar-refractivity contribution in [3.63, 3.8) is 0 Å². The number of phenols is 1. The van der Waals surface area contributed by atoms with E-state index in [1.165, 1.54) is 19.2 Å². The molecule has 1 aromatic carbocycles. The smallest absolute Gasteiger partial charge is 0.255 e. The van der Waals surface area contributed by atoms with Gasteiger partial charge < -0.3 is 20.9 Å². The number of carbonyl (C=O) groups excluding carboxylic acids is 1. The topological polar surface area (TPSA) is 84.6 Å². The van der Waals surface area contributed by atoms with Gasteiger partial charge in [0, 0.05) is 12.6 Å². The third-order valence-electron chi connectivity index (χ3n) is 3.21. The van der Waals surface area contributed by atoms with E-state index in [9.17, 15) is 9.90 Å². The number of benzene rings is 1. The number of nitrogens with two attached hydrogens (primary N) is 1. The predicted octanol–water partition coefficient (Wildman–Crippen LogP) is 0.868. The number of nitrogens with one attached hydrogen (secondary N) is 1. The fraction of sp³-hybridized carbons (Fsp3) is 0.462. The summed E-state index contributed by atoms with van der Waals surface area (Å²) in [5, 5.41) is 12.6. The van der Waals surface area contributed by atoms with Crippen molar-refractivity contribution in [3.05, 3.63) is 23.8 Å². The maximum Gasteiger partial charge on any atom is 0.255 e. The van der Waals surface area contributed by atoms with E-state index in [1.54, 1.807) is 6.07 Å². The molecule has 1 saturated carbocycles. The number of hydrogen-bond acceptors (Lipinski definition) is 4. The fourth-order valence-corrected chi connectivity index (χ4v) is 1.94. The first kappa shape index (κ1) is 12.7. The zero-order valence-corrected chi connectivity index (χ0v) is 10.3. The average molecular weight is 250 g/mol. The lowest BCUT2D eigenvalue weighted by atomic mass is 10.1. The van der Waals surface area contributed by atoms with E-state index in [0.717, 1.165) is 12.8 Å². The van der Waals surface area contributed by atoms with Crippen molar-refractivity contribution in [2.24, 2.45) is 11.7 Å². The van der Waals surface area contributed by atoms with E-state index >= 15 is 0 Å². The van der Waals surface area contributed by atoms with Crippen LogP contribution in [0.2, 0.25) is 0 Å². The molecule has 0 bridgehead atoms. The summed E-state index contributed by atoms with van der Waals surface area (Å²) >= 11 is 0. The molecule has 1 amide bonds. The van der Waals surface area contributed by atoms with Crippen molar-refractivity contribution >= 4 is 5.91 Å². The summed E-state index contributed by atoms with van der Waals surface area (Å²) in [6, 6.07) is 4.56. The van der Waals surface area contributed by atoms with E-state index in [4.69, 9.17) is 10.5 Å². The van der Waals surface area contributed by atoms with Gasteiger partial charge in [0.05, 0.1) is 12.7 Å². The molecule has 4 N–H and O–H groups in total. The highest BCUT2D eigenvalue weighted by Crippen LogP contribution is 2.32. The third kappa shape index (κ3) is 2.73. The summed E-state index contributed by atoms with van der Waals surface area (Å²) < 4.78 is 5.04. The minimum Gasteiger partial charge on any atom is -0.507 e. The number of aromatic hydroxyl groups is 1. The standard InChI is InChI=1S/C13H18N2O3/c1-18-9-4-5-12(16)10(6-9)13(17)15-11(7-14)8-2-3-8/h4-6,8,11,16H,2-3,7,14H2,1H3,(H,15,17). The monoisotopic (exact) mass is 250 g/mol. The third-order valence-corrected chi connectivity index (χ3v) is 3.21. The molecular formula is C13H18N2O3. The van der Waals surface area contributed by atoms with Crippen LogP contribution in [0.3, 0.4) is 0 Å². The number of carbonyl (C=O) groups is 1. The quantitative estimate of drug-likeness (QED) is 0.724. The largest absolute Gasteiger partial charge is 0.507 e. The Hall–Kier alpha value is -1.75. The van der Waals surface area contributed by atoms with Gasteiger partial charge in [-0.1, -0.05) is 0 Å². The Labute approximate surface area is 106 Å². The maximum absolute atomic E-state index is 12.1. The Kier molecular flexibility index (Phi) is 3.72. The Bertz CT molecular complexity index is 444. The first-order valence-corrected chi connectivity index (χ1v) is 6.03. The number of methoxy groups -OCH3 is 1. The van der Waals surface area contributed by atoms with Crippen LogP contribution in [0.4, 0.5) is 0 Å². The van der Waals surface area contributed by atoms with Crippen LogP contribution < -0.4 is 15.8 Å². The van der Waals surface area contributed by atoms with Crippen LogP contribution in [0.5, 0.6) is 11.5 Å². The molecule has 0 heterocycles.